The predicted octanol–water partition coefficient (Wildman–Crippen LogP) is 4.52. The second-order valence-corrected chi connectivity index (χ2v) is 5.80. The zero-order chi connectivity index (χ0) is 13.0. The molecule has 0 aliphatic heterocycles. The number of aryl methyl sites for hydroxylation is 2. The van der Waals surface area contributed by atoms with E-state index in [4.69, 9.17) is 4.42 Å². The first-order chi connectivity index (χ1) is 8.70. The van der Waals surface area contributed by atoms with Crippen LogP contribution in [0.15, 0.2) is 10.5 Å². The van der Waals surface area contributed by atoms with Crippen LogP contribution in [0, 0.1) is 19.8 Å². The third-order valence-electron chi connectivity index (χ3n) is 4.35. The zero-order valence-electron chi connectivity index (χ0n) is 12.1. The van der Waals surface area contributed by atoms with E-state index < -0.39 is 0 Å². The molecule has 1 aliphatic carbocycles. The summed E-state index contributed by atoms with van der Waals surface area (Å²) in [5.41, 5.74) is 1.36. The molecule has 2 rings (SSSR count). The van der Waals surface area contributed by atoms with Gasteiger partial charge in [0, 0.05) is 11.6 Å². The molecule has 2 nitrogen and oxygen atoms in total. The Morgan fingerprint density at radius 3 is 2.39 bits per heavy atom. The van der Waals surface area contributed by atoms with Gasteiger partial charge in [0.2, 0.25) is 0 Å². The van der Waals surface area contributed by atoms with Gasteiger partial charge in [-0.1, -0.05) is 38.5 Å². The second-order valence-electron chi connectivity index (χ2n) is 5.80. The van der Waals surface area contributed by atoms with Crippen molar-refractivity contribution in [2.24, 2.45) is 5.92 Å². The molecule has 1 heterocycles. The fraction of sp³-hybridized carbons (Fsp3) is 0.750. The van der Waals surface area contributed by atoms with Crippen molar-refractivity contribution in [3.63, 3.8) is 0 Å². The standard InChI is InChI=1S/C16H27NO/c1-12-10-15(13(2)18-12)16(17-3)11-14-8-6-4-5-7-9-14/h10,14,16-17H,4-9,11H2,1-3H3. The van der Waals surface area contributed by atoms with Crippen LogP contribution in [0.2, 0.25) is 0 Å². The first kappa shape index (κ1) is 13.7. The van der Waals surface area contributed by atoms with E-state index in [2.05, 4.69) is 25.4 Å². The molecule has 1 aromatic rings. The van der Waals surface area contributed by atoms with Crippen molar-refractivity contribution in [1.82, 2.24) is 5.32 Å². The highest BCUT2D eigenvalue weighted by Gasteiger charge is 2.21. The van der Waals surface area contributed by atoms with E-state index in [-0.39, 0.29) is 0 Å². The summed E-state index contributed by atoms with van der Waals surface area (Å²) in [6.45, 7) is 4.12. The Morgan fingerprint density at radius 2 is 1.89 bits per heavy atom. The van der Waals surface area contributed by atoms with Crippen LogP contribution >= 0.6 is 0 Å². The van der Waals surface area contributed by atoms with E-state index in [9.17, 15) is 0 Å². The van der Waals surface area contributed by atoms with Crippen LogP contribution in [0.3, 0.4) is 0 Å². The molecule has 0 bridgehead atoms. The molecule has 1 N–H and O–H groups in total. The summed E-state index contributed by atoms with van der Waals surface area (Å²) in [5.74, 6) is 3.00. The molecule has 1 saturated carbocycles. The van der Waals surface area contributed by atoms with Gasteiger partial charge in [-0.2, -0.15) is 0 Å². The van der Waals surface area contributed by atoms with Crippen LogP contribution in [0.1, 0.15) is 68.1 Å². The molecule has 0 aromatic carbocycles. The lowest BCUT2D eigenvalue weighted by atomic mass is 9.89. The summed E-state index contributed by atoms with van der Waals surface area (Å²) >= 11 is 0. The van der Waals surface area contributed by atoms with Crippen molar-refractivity contribution in [3.05, 3.63) is 23.2 Å². The van der Waals surface area contributed by atoms with Crippen LogP contribution in [0.4, 0.5) is 0 Å². The predicted molar refractivity (Wildman–Crippen MR) is 75.8 cm³/mol. The maximum absolute atomic E-state index is 5.67. The minimum Gasteiger partial charge on any atom is -0.466 e. The SMILES string of the molecule is CNC(CC1CCCCCC1)c1cc(C)oc1C. The fourth-order valence-electron chi connectivity index (χ4n) is 3.33. The summed E-state index contributed by atoms with van der Waals surface area (Å²) < 4.78 is 5.67. The lowest BCUT2D eigenvalue weighted by Gasteiger charge is -2.22. The average Bonchev–Trinajstić information content (AvgIpc) is 2.57. The van der Waals surface area contributed by atoms with Gasteiger partial charge in [0.05, 0.1) is 0 Å². The van der Waals surface area contributed by atoms with E-state index in [1.165, 1.54) is 50.5 Å². The fourth-order valence-corrected chi connectivity index (χ4v) is 3.33. The Labute approximate surface area is 111 Å². The van der Waals surface area contributed by atoms with Crippen molar-refractivity contribution in [1.29, 1.82) is 0 Å². The second kappa shape index (κ2) is 6.42. The maximum atomic E-state index is 5.67. The van der Waals surface area contributed by atoms with Crippen molar-refractivity contribution < 1.29 is 4.42 Å². The van der Waals surface area contributed by atoms with Gasteiger partial charge in [0.25, 0.3) is 0 Å². The van der Waals surface area contributed by atoms with E-state index in [1.54, 1.807) is 0 Å². The van der Waals surface area contributed by atoms with E-state index in [0.717, 1.165) is 17.4 Å². The van der Waals surface area contributed by atoms with Gasteiger partial charge in [0.15, 0.2) is 0 Å². The first-order valence-corrected chi connectivity index (χ1v) is 7.45. The molecular weight excluding hydrogens is 222 g/mol. The van der Waals surface area contributed by atoms with Crippen LogP contribution in [-0.4, -0.2) is 7.05 Å². The van der Waals surface area contributed by atoms with Crippen molar-refractivity contribution in [3.8, 4) is 0 Å². The quantitative estimate of drug-likeness (QED) is 0.794. The number of hydrogen-bond acceptors (Lipinski definition) is 2. The highest BCUT2D eigenvalue weighted by atomic mass is 16.3. The topological polar surface area (TPSA) is 25.2 Å². The van der Waals surface area contributed by atoms with Gasteiger partial charge in [-0.05, 0) is 39.3 Å². The third-order valence-corrected chi connectivity index (χ3v) is 4.35. The summed E-state index contributed by atoms with van der Waals surface area (Å²) in [5, 5.41) is 3.48. The zero-order valence-corrected chi connectivity index (χ0v) is 12.1. The monoisotopic (exact) mass is 249 g/mol. The molecule has 1 aliphatic rings. The molecule has 0 amide bonds. The highest BCUT2D eigenvalue weighted by Crippen LogP contribution is 2.32. The Kier molecular flexibility index (Phi) is 4.87. The van der Waals surface area contributed by atoms with Crippen molar-refractivity contribution in [2.45, 2.75) is 64.8 Å². The number of nitrogens with one attached hydrogen (secondary N) is 1. The van der Waals surface area contributed by atoms with Gasteiger partial charge in [-0.15, -0.1) is 0 Å². The Hall–Kier alpha value is -0.760. The summed E-state index contributed by atoms with van der Waals surface area (Å²) in [7, 11) is 2.07. The summed E-state index contributed by atoms with van der Waals surface area (Å²) in [4.78, 5) is 0. The maximum Gasteiger partial charge on any atom is 0.105 e. The smallest absolute Gasteiger partial charge is 0.105 e. The minimum absolute atomic E-state index is 0.463. The first-order valence-electron chi connectivity index (χ1n) is 7.45. The van der Waals surface area contributed by atoms with Gasteiger partial charge in [-0.3, -0.25) is 0 Å². The molecular formula is C16H27NO. The average molecular weight is 249 g/mol. The van der Waals surface area contributed by atoms with Gasteiger partial charge in [0.1, 0.15) is 11.5 Å². The molecule has 0 spiro atoms. The molecule has 0 radical (unpaired) electrons. The molecule has 1 atom stereocenters. The molecule has 0 saturated heterocycles. The van der Waals surface area contributed by atoms with E-state index in [1.807, 2.05) is 6.92 Å². The van der Waals surface area contributed by atoms with Crippen LogP contribution in [0.5, 0.6) is 0 Å². The summed E-state index contributed by atoms with van der Waals surface area (Å²) in [6.07, 6.45) is 9.79. The normalized spacial score (nSPS) is 19.7. The van der Waals surface area contributed by atoms with Crippen molar-refractivity contribution >= 4 is 0 Å². The highest BCUT2D eigenvalue weighted by molar-refractivity contribution is 5.24. The van der Waals surface area contributed by atoms with Gasteiger partial charge in [-0.25, -0.2) is 0 Å². The Balaban J connectivity index is 2.02. The minimum atomic E-state index is 0.463. The molecule has 2 heteroatoms. The van der Waals surface area contributed by atoms with Gasteiger partial charge >= 0.3 is 0 Å². The molecule has 102 valence electrons. The largest absolute Gasteiger partial charge is 0.466 e. The summed E-state index contributed by atoms with van der Waals surface area (Å²) in [6, 6.07) is 2.67. The van der Waals surface area contributed by atoms with E-state index in [0.29, 0.717) is 6.04 Å². The molecule has 1 fully saturated rings. The third kappa shape index (κ3) is 3.38. The number of rotatable bonds is 4. The number of furan rings is 1. The molecule has 1 unspecified atom stereocenters. The number of hydrogen-bond donors (Lipinski definition) is 1. The molecule has 18 heavy (non-hydrogen) atoms. The Morgan fingerprint density at radius 1 is 1.22 bits per heavy atom. The Bertz CT molecular complexity index is 361. The van der Waals surface area contributed by atoms with Crippen molar-refractivity contribution in [2.75, 3.05) is 7.05 Å². The van der Waals surface area contributed by atoms with Crippen LogP contribution in [-0.2, 0) is 0 Å². The van der Waals surface area contributed by atoms with Crippen LogP contribution in [0.25, 0.3) is 0 Å². The lowest BCUT2D eigenvalue weighted by Crippen LogP contribution is -2.20. The molecule has 1 aromatic heterocycles. The van der Waals surface area contributed by atoms with E-state index >= 15 is 0 Å². The van der Waals surface area contributed by atoms with Gasteiger partial charge < -0.3 is 9.73 Å². The lowest BCUT2D eigenvalue weighted by molar-refractivity contribution is 0.364. The van der Waals surface area contributed by atoms with Crippen LogP contribution < -0.4 is 5.32 Å².